The van der Waals surface area contributed by atoms with Gasteiger partial charge in [-0.1, -0.05) is 53.2 Å². The van der Waals surface area contributed by atoms with Crippen molar-refractivity contribution in [3.05, 3.63) is 63.6 Å². The Kier molecular flexibility index (Phi) is 5.79. The molecule has 0 radical (unpaired) electrons. The zero-order chi connectivity index (χ0) is 20.6. The molecule has 6 nitrogen and oxygen atoms in total. The van der Waals surface area contributed by atoms with Crippen molar-refractivity contribution in [2.45, 2.75) is 17.8 Å². The summed E-state index contributed by atoms with van der Waals surface area (Å²) in [4.78, 5) is 17.0. The van der Waals surface area contributed by atoms with Crippen molar-refractivity contribution in [2.75, 3.05) is 16.8 Å². The second-order valence-electron chi connectivity index (χ2n) is 6.83. The number of nitrogens with zero attached hydrogens (tertiary/aromatic N) is 1. The van der Waals surface area contributed by atoms with Gasteiger partial charge in [0.1, 0.15) is 0 Å². The predicted molar refractivity (Wildman–Crippen MR) is 119 cm³/mol. The van der Waals surface area contributed by atoms with Crippen molar-refractivity contribution in [1.82, 2.24) is 5.32 Å². The number of carbonyl (C=O) groups is 1. The van der Waals surface area contributed by atoms with E-state index in [9.17, 15) is 13.2 Å². The van der Waals surface area contributed by atoms with Crippen LogP contribution in [-0.4, -0.2) is 42.3 Å². The minimum Gasteiger partial charge on any atom is -0.348 e. The zero-order valence-electron chi connectivity index (χ0n) is 15.1. The molecule has 10 heteroatoms. The standard InChI is InChI=1S/C19H17Cl2N3O3S2/c20-13-4-2-1-3-12(13)8-22-18(25)11-5-6-14(21)15(7-11)23-19-24-16-9-29(26,27)10-17(16)28-19/h1-7,16-17H,8-10H2,(H,22,25)(H,23,24)/t16-,17+/m1/s1. The molecule has 2 heterocycles. The predicted octanol–water partition coefficient (Wildman–Crippen LogP) is 3.60. The third-order valence-electron chi connectivity index (χ3n) is 4.69. The Morgan fingerprint density at radius 1 is 1.14 bits per heavy atom. The molecular formula is C19H17Cl2N3O3S2. The number of carbonyl (C=O) groups excluding carboxylic acids is 1. The van der Waals surface area contributed by atoms with Gasteiger partial charge in [0.25, 0.3) is 5.91 Å². The van der Waals surface area contributed by atoms with E-state index in [0.29, 0.717) is 33.0 Å². The molecule has 29 heavy (non-hydrogen) atoms. The number of nitrogens with one attached hydrogen (secondary N) is 2. The van der Waals surface area contributed by atoms with E-state index in [0.717, 1.165) is 5.56 Å². The number of aliphatic imine (C=N–C) groups is 1. The second-order valence-corrected chi connectivity index (χ2v) is 11.0. The smallest absolute Gasteiger partial charge is 0.251 e. The Balaban J connectivity index is 1.44. The molecule has 2 aliphatic rings. The van der Waals surface area contributed by atoms with E-state index in [4.69, 9.17) is 23.2 Å². The summed E-state index contributed by atoms with van der Waals surface area (Å²) in [5, 5.41) is 7.56. The lowest BCUT2D eigenvalue weighted by atomic mass is 10.1. The van der Waals surface area contributed by atoms with Gasteiger partial charge in [-0.25, -0.2) is 8.42 Å². The van der Waals surface area contributed by atoms with Crippen LogP contribution in [0.15, 0.2) is 47.5 Å². The first-order valence-corrected chi connectivity index (χ1v) is 12.3. The Hall–Kier alpha value is -1.74. The van der Waals surface area contributed by atoms with Gasteiger partial charge in [-0.05, 0) is 29.8 Å². The van der Waals surface area contributed by atoms with Gasteiger partial charge >= 0.3 is 0 Å². The summed E-state index contributed by atoms with van der Waals surface area (Å²) in [5.74, 6) is -0.0443. The lowest BCUT2D eigenvalue weighted by Gasteiger charge is -2.11. The minimum atomic E-state index is -3.00. The molecule has 0 spiro atoms. The quantitative estimate of drug-likeness (QED) is 0.713. The van der Waals surface area contributed by atoms with E-state index < -0.39 is 9.84 Å². The third kappa shape index (κ3) is 4.71. The number of hydrogen-bond donors (Lipinski definition) is 2. The van der Waals surface area contributed by atoms with E-state index in [1.54, 1.807) is 24.3 Å². The van der Waals surface area contributed by atoms with Gasteiger partial charge in [0, 0.05) is 22.4 Å². The van der Waals surface area contributed by atoms with E-state index in [1.807, 2.05) is 18.2 Å². The summed E-state index contributed by atoms with van der Waals surface area (Å²) in [6.07, 6.45) is 0. The first kappa shape index (κ1) is 20.5. The molecular weight excluding hydrogens is 453 g/mol. The summed E-state index contributed by atoms with van der Waals surface area (Å²) in [7, 11) is -3.00. The maximum Gasteiger partial charge on any atom is 0.251 e. The van der Waals surface area contributed by atoms with Gasteiger partial charge in [0.05, 0.1) is 28.3 Å². The maximum atomic E-state index is 12.5. The molecule has 4 rings (SSSR count). The first-order chi connectivity index (χ1) is 13.8. The SMILES string of the molecule is O=C(NCc1ccccc1Cl)c1ccc(Cl)c(NC2=N[C@@H]3CS(=O)(=O)C[C@@H]3S2)c1. The van der Waals surface area contributed by atoms with Gasteiger partial charge < -0.3 is 10.6 Å². The molecule has 0 saturated carbocycles. The van der Waals surface area contributed by atoms with Crippen LogP contribution in [0.2, 0.25) is 10.0 Å². The molecule has 2 aromatic carbocycles. The van der Waals surface area contributed by atoms with Gasteiger partial charge in [0.2, 0.25) is 0 Å². The van der Waals surface area contributed by atoms with E-state index in [-0.39, 0.29) is 28.7 Å². The molecule has 1 fully saturated rings. The molecule has 2 aliphatic heterocycles. The highest BCUT2D eigenvalue weighted by Gasteiger charge is 2.42. The summed E-state index contributed by atoms with van der Waals surface area (Å²) < 4.78 is 23.4. The number of amides is 1. The molecule has 2 aromatic rings. The van der Waals surface area contributed by atoms with Crippen molar-refractivity contribution in [3.63, 3.8) is 0 Å². The minimum absolute atomic E-state index is 0.0663. The maximum absolute atomic E-state index is 12.5. The second kappa shape index (κ2) is 8.18. The van der Waals surface area contributed by atoms with Crippen LogP contribution in [0.4, 0.5) is 5.69 Å². The van der Waals surface area contributed by atoms with Crippen LogP contribution in [-0.2, 0) is 16.4 Å². The van der Waals surface area contributed by atoms with Crippen molar-refractivity contribution in [3.8, 4) is 0 Å². The summed E-state index contributed by atoms with van der Waals surface area (Å²) in [6, 6.07) is 12.0. The van der Waals surface area contributed by atoms with Crippen molar-refractivity contribution in [2.24, 2.45) is 4.99 Å². The van der Waals surface area contributed by atoms with Crippen LogP contribution in [0.1, 0.15) is 15.9 Å². The highest BCUT2D eigenvalue weighted by Crippen LogP contribution is 2.35. The molecule has 0 unspecified atom stereocenters. The average Bonchev–Trinajstić information content (AvgIpc) is 3.15. The topological polar surface area (TPSA) is 87.6 Å². The average molecular weight is 470 g/mol. The van der Waals surface area contributed by atoms with E-state index in [1.165, 1.54) is 11.8 Å². The van der Waals surface area contributed by atoms with Crippen LogP contribution in [0.5, 0.6) is 0 Å². The van der Waals surface area contributed by atoms with Crippen molar-refractivity contribution < 1.29 is 13.2 Å². The Labute approximate surface area is 183 Å². The number of anilines is 1. The van der Waals surface area contributed by atoms with E-state index >= 15 is 0 Å². The van der Waals surface area contributed by atoms with Crippen LogP contribution in [0.25, 0.3) is 0 Å². The summed E-state index contributed by atoms with van der Waals surface area (Å²) >= 11 is 13.8. The number of fused-ring (bicyclic) bond motifs is 1. The van der Waals surface area contributed by atoms with Gasteiger partial charge in [-0.15, -0.1) is 0 Å². The van der Waals surface area contributed by atoms with Crippen LogP contribution >= 0.6 is 35.0 Å². The fourth-order valence-electron chi connectivity index (χ4n) is 3.21. The Morgan fingerprint density at radius 3 is 2.69 bits per heavy atom. The molecule has 0 aromatic heterocycles. The number of hydrogen-bond acceptors (Lipinski definition) is 6. The number of thioether (sulfide) groups is 1. The number of sulfone groups is 1. The molecule has 0 aliphatic carbocycles. The van der Waals surface area contributed by atoms with Gasteiger partial charge in [-0.2, -0.15) is 0 Å². The highest BCUT2D eigenvalue weighted by molar-refractivity contribution is 8.15. The molecule has 1 amide bonds. The lowest BCUT2D eigenvalue weighted by molar-refractivity contribution is 0.0951. The normalized spacial score (nSPS) is 22.1. The fourth-order valence-corrected chi connectivity index (χ4v) is 7.25. The van der Waals surface area contributed by atoms with Gasteiger partial charge in [-0.3, -0.25) is 9.79 Å². The molecule has 1 saturated heterocycles. The van der Waals surface area contributed by atoms with E-state index in [2.05, 4.69) is 15.6 Å². The monoisotopic (exact) mass is 469 g/mol. The summed E-state index contributed by atoms with van der Waals surface area (Å²) in [6.45, 7) is 0.310. The molecule has 2 atom stereocenters. The largest absolute Gasteiger partial charge is 0.348 e. The molecule has 152 valence electrons. The number of amidine groups is 1. The number of benzene rings is 2. The lowest BCUT2D eigenvalue weighted by Crippen LogP contribution is -2.23. The van der Waals surface area contributed by atoms with Crippen molar-refractivity contribution in [1.29, 1.82) is 0 Å². The van der Waals surface area contributed by atoms with Gasteiger partial charge in [0.15, 0.2) is 15.0 Å². The first-order valence-electron chi connectivity index (χ1n) is 8.84. The summed E-state index contributed by atoms with van der Waals surface area (Å²) in [5.41, 5.74) is 1.81. The Morgan fingerprint density at radius 2 is 1.93 bits per heavy atom. The number of rotatable bonds is 4. The van der Waals surface area contributed by atoms with Crippen LogP contribution in [0.3, 0.4) is 0 Å². The fraction of sp³-hybridized carbons (Fsp3) is 0.263. The van der Waals surface area contributed by atoms with Crippen molar-refractivity contribution >= 4 is 61.6 Å². The Bertz CT molecular complexity index is 1110. The molecule has 2 N–H and O–H groups in total. The third-order valence-corrected chi connectivity index (χ3v) is 8.53. The zero-order valence-corrected chi connectivity index (χ0v) is 18.2. The van der Waals surface area contributed by atoms with Crippen LogP contribution in [0, 0.1) is 0 Å². The number of halogens is 2. The molecule has 0 bridgehead atoms. The highest BCUT2D eigenvalue weighted by atomic mass is 35.5. The van der Waals surface area contributed by atoms with Crippen LogP contribution < -0.4 is 10.6 Å².